The molecular formula is C16H20N4O3S. The summed E-state index contributed by atoms with van der Waals surface area (Å²) < 4.78 is 4.98. The lowest BCUT2D eigenvalue weighted by molar-refractivity contribution is -0.116. The summed E-state index contributed by atoms with van der Waals surface area (Å²) in [6, 6.07) is 3.22. The van der Waals surface area contributed by atoms with Gasteiger partial charge >= 0.3 is 0 Å². The summed E-state index contributed by atoms with van der Waals surface area (Å²) in [5.41, 5.74) is 0. The predicted octanol–water partition coefficient (Wildman–Crippen LogP) is 1.96. The maximum Gasteiger partial charge on any atom is 0.286 e. The molecule has 128 valence electrons. The molecule has 0 aliphatic carbocycles. The third-order valence-electron chi connectivity index (χ3n) is 3.89. The molecule has 1 aliphatic heterocycles. The number of amides is 2. The maximum atomic E-state index is 11.9. The Kier molecular flexibility index (Phi) is 5.60. The van der Waals surface area contributed by atoms with Crippen LogP contribution in [-0.2, 0) is 4.79 Å². The molecule has 1 fully saturated rings. The van der Waals surface area contributed by atoms with Gasteiger partial charge in [-0.05, 0) is 44.0 Å². The number of nitrogens with one attached hydrogen (secondary N) is 3. The van der Waals surface area contributed by atoms with Crippen LogP contribution in [0.2, 0.25) is 0 Å². The fraction of sp³-hybridized carbons (Fsp3) is 0.438. The Morgan fingerprint density at radius 3 is 2.96 bits per heavy atom. The lowest BCUT2D eigenvalue weighted by atomic mass is 9.97. The molecule has 0 spiro atoms. The molecule has 0 radical (unpaired) electrons. The Morgan fingerprint density at radius 2 is 2.21 bits per heavy atom. The highest BCUT2D eigenvalue weighted by Crippen LogP contribution is 2.31. The Bertz CT molecular complexity index is 677. The van der Waals surface area contributed by atoms with E-state index in [0.29, 0.717) is 11.0 Å². The van der Waals surface area contributed by atoms with Crippen molar-refractivity contribution in [3.63, 3.8) is 0 Å². The molecule has 1 aliphatic rings. The Hall–Kier alpha value is -2.19. The first-order valence-electron chi connectivity index (χ1n) is 8.00. The fourth-order valence-electron chi connectivity index (χ4n) is 2.61. The molecule has 3 rings (SSSR count). The minimum atomic E-state index is -0.324. The van der Waals surface area contributed by atoms with Crippen LogP contribution in [0.1, 0.15) is 40.6 Å². The highest BCUT2D eigenvalue weighted by atomic mass is 32.1. The van der Waals surface area contributed by atoms with Crippen LogP contribution in [-0.4, -0.2) is 36.4 Å². The van der Waals surface area contributed by atoms with Gasteiger partial charge in [-0.15, -0.1) is 11.3 Å². The van der Waals surface area contributed by atoms with Crippen molar-refractivity contribution in [3.8, 4) is 0 Å². The fourth-order valence-corrected chi connectivity index (χ4v) is 3.61. The summed E-state index contributed by atoms with van der Waals surface area (Å²) in [6.45, 7) is 2.30. The van der Waals surface area contributed by atoms with Crippen molar-refractivity contribution in [2.75, 3.05) is 25.0 Å². The summed E-state index contributed by atoms with van der Waals surface area (Å²) in [4.78, 5) is 29.1. The van der Waals surface area contributed by atoms with Gasteiger partial charge in [0.05, 0.1) is 6.26 Å². The normalized spacial score (nSPS) is 15.2. The van der Waals surface area contributed by atoms with Crippen molar-refractivity contribution in [2.45, 2.75) is 25.2 Å². The molecule has 2 amide bonds. The van der Waals surface area contributed by atoms with Gasteiger partial charge in [0.1, 0.15) is 0 Å². The molecule has 3 N–H and O–H groups in total. The van der Waals surface area contributed by atoms with E-state index in [4.69, 9.17) is 4.42 Å². The SMILES string of the molecule is O=C(CCNC(=O)c1ccco1)Nc1ncc(C2CCNCC2)s1. The molecule has 2 aromatic rings. The summed E-state index contributed by atoms with van der Waals surface area (Å²) in [5.74, 6) is 0.278. The number of thiazole rings is 1. The van der Waals surface area contributed by atoms with Gasteiger partial charge in [-0.25, -0.2) is 4.98 Å². The van der Waals surface area contributed by atoms with Crippen LogP contribution in [0.3, 0.4) is 0 Å². The zero-order valence-corrected chi connectivity index (χ0v) is 14.0. The second-order valence-corrected chi connectivity index (χ2v) is 6.69. The standard InChI is InChI=1S/C16H20N4O3S/c21-14(5-8-18-15(22)12-2-1-9-23-12)20-16-19-10-13(24-16)11-3-6-17-7-4-11/h1-2,9-11,17H,3-8H2,(H,18,22)(H,19,20,21). The molecule has 7 nitrogen and oxygen atoms in total. The second kappa shape index (κ2) is 8.07. The van der Waals surface area contributed by atoms with E-state index in [1.54, 1.807) is 12.1 Å². The average molecular weight is 348 g/mol. The topological polar surface area (TPSA) is 96.3 Å². The monoisotopic (exact) mass is 348 g/mol. The van der Waals surface area contributed by atoms with Crippen LogP contribution in [0, 0.1) is 0 Å². The molecule has 24 heavy (non-hydrogen) atoms. The van der Waals surface area contributed by atoms with Crippen molar-refractivity contribution in [1.82, 2.24) is 15.6 Å². The van der Waals surface area contributed by atoms with Crippen LogP contribution in [0.5, 0.6) is 0 Å². The average Bonchev–Trinajstić information content (AvgIpc) is 3.27. The van der Waals surface area contributed by atoms with Crippen molar-refractivity contribution in [3.05, 3.63) is 35.2 Å². The number of hydrogen-bond donors (Lipinski definition) is 3. The van der Waals surface area contributed by atoms with E-state index < -0.39 is 0 Å². The third-order valence-corrected chi connectivity index (χ3v) is 4.97. The Morgan fingerprint density at radius 1 is 1.38 bits per heavy atom. The summed E-state index contributed by atoms with van der Waals surface area (Å²) in [7, 11) is 0. The zero-order valence-electron chi connectivity index (χ0n) is 13.2. The molecule has 0 bridgehead atoms. The van der Waals surface area contributed by atoms with Gasteiger partial charge in [-0.2, -0.15) is 0 Å². The predicted molar refractivity (Wildman–Crippen MR) is 91.2 cm³/mol. The highest BCUT2D eigenvalue weighted by molar-refractivity contribution is 7.15. The number of nitrogens with zero attached hydrogens (tertiary/aromatic N) is 1. The number of hydrogen-bond acceptors (Lipinski definition) is 6. The maximum absolute atomic E-state index is 11.9. The zero-order chi connectivity index (χ0) is 16.8. The Labute approximate surface area is 143 Å². The molecule has 2 aromatic heterocycles. The highest BCUT2D eigenvalue weighted by Gasteiger charge is 2.18. The van der Waals surface area contributed by atoms with Crippen molar-refractivity contribution in [1.29, 1.82) is 0 Å². The van der Waals surface area contributed by atoms with Gasteiger partial charge < -0.3 is 20.4 Å². The van der Waals surface area contributed by atoms with Gasteiger partial charge in [0.2, 0.25) is 5.91 Å². The minimum absolute atomic E-state index is 0.166. The van der Waals surface area contributed by atoms with Crippen LogP contribution in [0.15, 0.2) is 29.0 Å². The second-order valence-electron chi connectivity index (χ2n) is 5.62. The van der Waals surface area contributed by atoms with Crippen molar-refractivity contribution < 1.29 is 14.0 Å². The Balaban J connectivity index is 1.42. The molecule has 0 unspecified atom stereocenters. The summed E-state index contributed by atoms with van der Waals surface area (Å²) >= 11 is 1.53. The number of rotatable bonds is 6. The van der Waals surface area contributed by atoms with Crippen LogP contribution in [0.4, 0.5) is 5.13 Å². The quantitative estimate of drug-likeness (QED) is 0.742. The molecule has 8 heteroatoms. The molecule has 0 atom stereocenters. The van der Waals surface area contributed by atoms with Gasteiger partial charge in [-0.1, -0.05) is 0 Å². The van der Waals surface area contributed by atoms with Gasteiger partial charge in [0.25, 0.3) is 5.91 Å². The van der Waals surface area contributed by atoms with Crippen LogP contribution < -0.4 is 16.0 Å². The van der Waals surface area contributed by atoms with E-state index in [9.17, 15) is 9.59 Å². The lowest BCUT2D eigenvalue weighted by Gasteiger charge is -2.20. The van der Waals surface area contributed by atoms with E-state index in [-0.39, 0.29) is 30.5 Å². The first kappa shape index (κ1) is 16.7. The van der Waals surface area contributed by atoms with Crippen molar-refractivity contribution >= 4 is 28.3 Å². The van der Waals surface area contributed by atoms with Gasteiger partial charge in [0, 0.05) is 24.0 Å². The first-order valence-corrected chi connectivity index (χ1v) is 8.82. The largest absolute Gasteiger partial charge is 0.459 e. The molecule has 1 saturated heterocycles. The molecule has 0 aromatic carbocycles. The van der Waals surface area contributed by atoms with Crippen LogP contribution >= 0.6 is 11.3 Å². The molecule has 0 saturated carbocycles. The van der Waals surface area contributed by atoms with E-state index in [1.807, 2.05) is 6.20 Å². The number of furan rings is 1. The minimum Gasteiger partial charge on any atom is -0.459 e. The van der Waals surface area contributed by atoms with Crippen LogP contribution in [0.25, 0.3) is 0 Å². The molecule has 3 heterocycles. The number of piperidine rings is 1. The van der Waals surface area contributed by atoms with E-state index >= 15 is 0 Å². The molecular weight excluding hydrogens is 328 g/mol. The summed E-state index contributed by atoms with van der Waals surface area (Å²) in [5, 5.41) is 9.38. The van der Waals surface area contributed by atoms with E-state index in [1.165, 1.54) is 22.5 Å². The van der Waals surface area contributed by atoms with E-state index in [0.717, 1.165) is 25.9 Å². The number of carbonyl (C=O) groups excluding carboxylic acids is 2. The van der Waals surface area contributed by atoms with E-state index in [2.05, 4.69) is 20.9 Å². The van der Waals surface area contributed by atoms with Crippen molar-refractivity contribution in [2.24, 2.45) is 0 Å². The van der Waals surface area contributed by atoms with Gasteiger partial charge in [-0.3, -0.25) is 9.59 Å². The lowest BCUT2D eigenvalue weighted by Crippen LogP contribution is -2.27. The van der Waals surface area contributed by atoms with Gasteiger partial charge in [0.15, 0.2) is 10.9 Å². The number of anilines is 1. The first-order chi connectivity index (χ1) is 11.7. The third kappa shape index (κ3) is 4.42. The number of carbonyl (C=O) groups is 2. The summed E-state index contributed by atoms with van der Waals surface area (Å²) in [6.07, 6.45) is 5.69. The smallest absolute Gasteiger partial charge is 0.286 e. The number of aromatic nitrogens is 1.